The minimum Gasteiger partial charge on any atom is -0.507 e. The molecule has 0 radical (unpaired) electrons. The molecular weight excluding hydrogens is 404 g/mol. The predicted molar refractivity (Wildman–Crippen MR) is 143 cm³/mol. The van der Waals surface area contributed by atoms with Gasteiger partial charge in [-0.1, -0.05) is 69.5 Å². The van der Waals surface area contributed by atoms with Crippen molar-refractivity contribution in [1.29, 1.82) is 0 Å². The maximum atomic E-state index is 11.1. The Morgan fingerprint density at radius 1 is 0.727 bits per heavy atom. The SMILES string of the molecule is CC(C)=CCCC(C)CCCc1ccc2c(O)c3ccc(CCCC(C)C)cc3c(O)c2c1. The zero-order valence-corrected chi connectivity index (χ0v) is 21.2. The Kier molecular flexibility index (Phi) is 8.83. The molecule has 0 spiro atoms. The molecule has 3 aromatic rings. The molecule has 33 heavy (non-hydrogen) atoms. The molecular formula is C31H42O2. The molecule has 0 heterocycles. The van der Waals surface area contributed by atoms with E-state index < -0.39 is 0 Å². The predicted octanol–water partition coefficient (Wildman–Crippen LogP) is 9.09. The van der Waals surface area contributed by atoms with Gasteiger partial charge in [0.15, 0.2) is 0 Å². The minimum atomic E-state index is 0.269. The summed E-state index contributed by atoms with van der Waals surface area (Å²) in [6.45, 7) is 11.2. The lowest BCUT2D eigenvalue weighted by molar-refractivity contribution is 0.477. The van der Waals surface area contributed by atoms with Gasteiger partial charge in [-0.15, -0.1) is 0 Å². The molecule has 2 N–H and O–H groups in total. The number of phenols is 2. The van der Waals surface area contributed by atoms with Gasteiger partial charge >= 0.3 is 0 Å². The summed E-state index contributed by atoms with van der Waals surface area (Å²) >= 11 is 0. The zero-order chi connectivity index (χ0) is 24.0. The molecule has 178 valence electrons. The van der Waals surface area contributed by atoms with Gasteiger partial charge in [0, 0.05) is 21.5 Å². The van der Waals surface area contributed by atoms with E-state index in [1.165, 1.54) is 42.4 Å². The smallest absolute Gasteiger partial charge is 0.131 e. The van der Waals surface area contributed by atoms with Gasteiger partial charge in [0.05, 0.1) is 0 Å². The van der Waals surface area contributed by atoms with Gasteiger partial charge in [-0.3, -0.25) is 0 Å². The summed E-state index contributed by atoms with van der Waals surface area (Å²) in [6, 6.07) is 12.2. The quantitative estimate of drug-likeness (QED) is 0.175. The summed E-state index contributed by atoms with van der Waals surface area (Å²) < 4.78 is 0. The number of rotatable bonds is 11. The van der Waals surface area contributed by atoms with Crippen LogP contribution in [0.1, 0.15) is 84.3 Å². The van der Waals surface area contributed by atoms with E-state index in [0.717, 1.165) is 53.1 Å². The summed E-state index contributed by atoms with van der Waals surface area (Å²) in [4.78, 5) is 0. The second-order valence-corrected chi connectivity index (χ2v) is 10.6. The number of hydrogen-bond acceptors (Lipinski definition) is 2. The van der Waals surface area contributed by atoms with Crippen LogP contribution in [0.2, 0.25) is 0 Å². The number of fused-ring (bicyclic) bond motifs is 2. The van der Waals surface area contributed by atoms with Crippen LogP contribution in [-0.2, 0) is 12.8 Å². The zero-order valence-electron chi connectivity index (χ0n) is 21.2. The van der Waals surface area contributed by atoms with E-state index in [1.54, 1.807) is 0 Å². The fourth-order valence-electron chi connectivity index (χ4n) is 4.76. The van der Waals surface area contributed by atoms with Gasteiger partial charge in [-0.25, -0.2) is 0 Å². The first-order valence-corrected chi connectivity index (χ1v) is 12.8. The normalized spacial score (nSPS) is 12.5. The molecule has 0 aromatic heterocycles. The highest BCUT2D eigenvalue weighted by Gasteiger charge is 2.14. The largest absolute Gasteiger partial charge is 0.507 e. The molecule has 0 aliphatic heterocycles. The lowest BCUT2D eigenvalue weighted by atomic mass is 9.93. The average Bonchev–Trinajstić information content (AvgIpc) is 2.77. The van der Waals surface area contributed by atoms with Crippen molar-refractivity contribution in [3.63, 3.8) is 0 Å². The van der Waals surface area contributed by atoms with Gasteiger partial charge < -0.3 is 10.2 Å². The monoisotopic (exact) mass is 446 g/mol. The number of allylic oxidation sites excluding steroid dienone is 2. The molecule has 0 amide bonds. The number of hydrogen-bond donors (Lipinski definition) is 2. The van der Waals surface area contributed by atoms with E-state index in [0.29, 0.717) is 11.7 Å². The number of benzene rings is 3. The van der Waals surface area contributed by atoms with Crippen LogP contribution in [0.3, 0.4) is 0 Å². The van der Waals surface area contributed by atoms with E-state index in [4.69, 9.17) is 0 Å². The van der Waals surface area contributed by atoms with Gasteiger partial charge in [0.2, 0.25) is 0 Å². The highest BCUT2D eigenvalue weighted by atomic mass is 16.3. The molecule has 0 saturated carbocycles. The molecule has 0 aliphatic rings. The van der Waals surface area contributed by atoms with Crippen LogP contribution >= 0.6 is 0 Å². The van der Waals surface area contributed by atoms with Crippen molar-refractivity contribution < 1.29 is 10.2 Å². The molecule has 1 atom stereocenters. The number of aromatic hydroxyl groups is 2. The topological polar surface area (TPSA) is 40.5 Å². The van der Waals surface area contributed by atoms with Crippen LogP contribution in [0.25, 0.3) is 21.5 Å². The Bertz CT molecular complexity index is 1100. The lowest BCUT2D eigenvalue weighted by Gasteiger charge is -2.13. The minimum absolute atomic E-state index is 0.269. The van der Waals surface area contributed by atoms with Crippen LogP contribution in [0.4, 0.5) is 0 Å². The fourth-order valence-corrected chi connectivity index (χ4v) is 4.76. The van der Waals surface area contributed by atoms with Crippen LogP contribution in [-0.4, -0.2) is 10.2 Å². The van der Waals surface area contributed by atoms with Crippen LogP contribution in [0.15, 0.2) is 48.0 Å². The molecule has 3 rings (SSSR count). The Balaban J connectivity index is 1.76. The third-order valence-electron chi connectivity index (χ3n) is 6.81. The maximum Gasteiger partial charge on any atom is 0.131 e. The standard InChI is InChI=1S/C31H42O2/c1-21(2)9-6-11-23(5)12-8-14-25-16-18-27-29(20-25)31(33)28-19-24(13-7-10-22(3)4)15-17-26(28)30(27)32/h9,15-20,22-23,32-33H,6-8,10-14H2,1-5H3. The summed E-state index contributed by atoms with van der Waals surface area (Å²) in [5, 5.41) is 25.0. The van der Waals surface area contributed by atoms with E-state index in [9.17, 15) is 10.2 Å². The summed E-state index contributed by atoms with van der Waals surface area (Å²) in [7, 11) is 0. The maximum absolute atomic E-state index is 11.1. The molecule has 3 aromatic carbocycles. The highest BCUT2D eigenvalue weighted by molar-refractivity contribution is 6.10. The van der Waals surface area contributed by atoms with Crippen molar-refractivity contribution in [1.82, 2.24) is 0 Å². The Hall–Kier alpha value is -2.48. The van der Waals surface area contributed by atoms with Crippen LogP contribution in [0, 0.1) is 11.8 Å². The Morgan fingerprint density at radius 3 is 1.76 bits per heavy atom. The van der Waals surface area contributed by atoms with Crippen molar-refractivity contribution in [3.05, 3.63) is 59.2 Å². The van der Waals surface area contributed by atoms with E-state index in [-0.39, 0.29) is 5.75 Å². The number of phenolic OH excluding ortho intramolecular Hbond substituents is 2. The summed E-state index contributed by atoms with van der Waals surface area (Å²) in [5.41, 5.74) is 3.84. The van der Waals surface area contributed by atoms with Crippen LogP contribution < -0.4 is 0 Å². The molecule has 2 nitrogen and oxygen atoms in total. The molecule has 0 aliphatic carbocycles. The second-order valence-electron chi connectivity index (χ2n) is 10.6. The first kappa shape index (κ1) is 25.1. The van der Waals surface area contributed by atoms with Crippen molar-refractivity contribution >= 4 is 21.5 Å². The van der Waals surface area contributed by atoms with E-state index in [2.05, 4.69) is 65.0 Å². The van der Waals surface area contributed by atoms with Gasteiger partial charge in [-0.05, 0) is 87.5 Å². The van der Waals surface area contributed by atoms with Crippen LogP contribution in [0.5, 0.6) is 11.5 Å². The van der Waals surface area contributed by atoms with E-state index in [1.807, 2.05) is 12.1 Å². The molecule has 0 saturated heterocycles. The van der Waals surface area contributed by atoms with Gasteiger partial charge in [0.1, 0.15) is 11.5 Å². The molecule has 0 bridgehead atoms. The molecule has 1 unspecified atom stereocenters. The summed E-state index contributed by atoms with van der Waals surface area (Å²) in [5.74, 6) is 1.98. The third-order valence-corrected chi connectivity index (χ3v) is 6.81. The summed E-state index contributed by atoms with van der Waals surface area (Å²) in [6.07, 6.45) is 11.4. The molecule has 0 fully saturated rings. The first-order valence-electron chi connectivity index (χ1n) is 12.8. The van der Waals surface area contributed by atoms with Gasteiger partial charge in [-0.2, -0.15) is 0 Å². The van der Waals surface area contributed by atoms with Crippen molar-refractivity contribution in [2.45, 2.75) is 86.0 Å². The average molecular weight is 447 g/mol. The Labute approximate surface area is 200 Å². The first-order chi connectivity index (χ1) is 15.8. The molecule has 2 heteroatoms. The highest BCUT2D eigenvalue weighted by Crippen LogP contribution is 2.42. The van der Waals surface area contributed by atoms with Crippen molar-refractivity contribution in [2.24, 2.45) is 11.8 Å². The fraction of sp³-hybridized carbons (Fsp3) is 0.484. The third kappa shape index (κ3) is 6.76. The Morgan fingerprint density at radius 2 is 1.24 bits per heavy atom. The van der Waals surface area contributed by atoms with E-state index >= 15 is 0 Å². The van der Waals surface area contributed by atoms with Crippen molar-refractivity contribution in [3.8, 4) is 11.5 Å². The van der Waals surface area contributed by atoms with Crippen molar-refractivity contribution in [2.75, 3.05) is 0 Å². The lowest BCUT2D eigenvalue weighted by Crippen LogP contribution is -1.96. The van der Waals surface area contributed by atoms with Gasteiger partial charge in [0.25, 0.3) is 0 Å². The second kappa shape index (κ2) is 11.6. The number of aryl methyl sites for hydroxylation is 2.